The number of nitrogens with zero attached hydrogens (tertiary/aromatic N) is 1. The molecule has 1 aromatic rings. The van der Waals surface area contributed by atoms with Gasteiger partial charge in [-0.1, -0.05) is 6.07 Å². The van der Waals surface area contributed by atoms with Crippen LogP contribution in [0.3, 0.4) is 0 Å². The van der Waals surface area contributed by atoms with Gasteiger partial charge >= 0.3 is 5.97 Å². The number of hydrogen-bond donors (Lipinski definition) is 3. The zero-order valence-corrected chi connectivity index (χ0v) is 14.7. The van der Waals surface area contributed by atoms with Gasteiger partial charge in [0, 0.05) is 6.42 Å². The summed E-state index contributed by atoms with van der Waals surface area (Å²) in [5, 5.41) is 27.9. The van der Waals surface area contributed by atoms with E-state index < -0.39 is 5.97 Å². The zero-order chi connectivity index (χ0) is 15.2. The maximum absolute atomic E-state index is 10.4. The molecule has 0 radical (unpaired) electrons. The van der Waals surface area contributed by atoms with Gasteiger partial charge in [0.05, 0.1) is 26.2 Å². The van der Waals surface area contributed by atoms with Gasteiger partial charge in [0.25, 0.3) is 0 Å². The van der Waals surface area contributed by atoms with Gasteiger partial charge in [-0.25, -0.2) is 0 Å². The molecule has 0 aliphatic heterocycles. The average molecular weight is 409 g/mol. The minimum atomic E-state index is -0.747. The highest BCUT2D eigenvalue weighted by Gasteiger charge is 2.18. The first-order chi connectivity index (χ1) is 9.32. The summed E-state index contributed by atoms with van der Waals surface area (Å²) in [5.41, 5.74) is 0.723. The van der Waals surface area contributed by atoms with Crippen molar-refractivity contribution in [1.82, 2.24) is 0 Å². The molecule has 0 atom stereocenters. The van der Waals surface area contributed by atoms with Crippen molar-refractivity contribution in [3.05, 3.63) is 23.8 Å². The fourth-order valence-corrected chi connectivity index (χ4v) is 2.24. The SMILES string of the molecule is C[N+](C)(CCCCCC(=O)O)Cc1cccc(O)c1O.[I-]. The average Bonchev–Trinajstić information content (AvgIpc) is 2.34. The first kappa shape index (κ1) is 20.0. The maximum atomic E-state index is 10.4. The lowest BCUT2D eigenvalue weighted by Gasteiger charge is -2.30. The third kappa shape index (κ3) is 7.52. The molecule has 0 unspecified atom stereocenters. The molecule has 0 amide bonds. The van der Waals surface area contributed by atoms with Crippen molar-refractivity contribution in [3.63, 3.8) is 0 Å². The number of halogens is 1. The van der Waals surface area contributed by atoms with E-state index in [1.807, 2.05) is 0 Å². The van der Waals surface area contributed by atoms with Crippen LogP contribution >= 0.6 is 0 Å². The van der Waals surface area contributed by atoms with Crippen LogP contribution in [0.1, 0.15) is 31.2 Å². The number of carbonyl (C=O) groups is 1. The number of benzene rings is 1. The molecule has 5 nitrogen and oxygen atoms in total. The van der Waals surface area contributed by atoms with Crippen LogP contribution in [0.15, 0.2) is 18.2 Å². The number of para-hydroxylation sites is 1. The molecular weight excluding hydrogens is 385 g/mol. The van der Waals surface area contributed by atoms with Crippen molar-refractivity contribution in [3.8, 4) is 11.5 Å². The van der Waals surface area contributed by atoms with Gasteiger partial charge in [0.15, 0.2) is 11.5 Å². The number of unbranched alkanes of at least 4 members (excludes halogenated alkanes) is 2. The topological polar surface area (TPSA) is 77.8 Å². The Morgan fingerprint density at radius 3 is 2.43 bits per heavy atom. The minimum absolute atomic E-state index is 0. The number of carboxylic acid groups (broad SMARTS) is 1. The molecular formula is C15H24INO4. The third-order valence-electron chi connectivity index (χ3n) is 3.35. The highest BCUT2D eigenvalue weighted by atomic mass is 127. The van der Waals surface area contributed by atoms with Gasteiger partial charge in [-0.3, -0.25) is 4.79 Å². The van der Waals surface area contributed by atoms with Crippen molar-refractivity contribution in [2.24, 2.45) is 0 Å². The van der Waals surface area contributed by atoms with E-state index in [0.717, 1.165) is 24.9 Å². The van der Waals surface area contributed by atoms with Crippen molar-refractivity contribution >= 4 is 5.97 Å². The largest absolute Gasteiger partial charge is 1.00 e. The smallest absolute Gasteiger partial charge is 0.303 e. The molecule has 0 saturated carbocycles. The molecule has 0 aromatic heterocycles. The van der Waals surface area contributed by atoms with Crippen LogP contribution in [0, 0.1) is 0 Å². The van der Waals surface area contributed by atoms with Crippen LogP contribution in [0.4, 0.5) is 0 Å². The lowest BCUT2D eigenvalue weighted by Crippen LogP contribution is -3.00. The Balaban J connectivity index is 0.00000400. The first-order valence-electron chi connectivity index (χ1n) is 6.85. The van der Waals surface area contributed by atoms with Crippen LogP contribution in [0.25, 0.3) is 0 Å². The lowest BCUT2D eigenvalue weighted by atomic mass is 10.1. The van der Waals surface area contributed by atoms with Crippen LogP contribution in [-0.2, 0) is 11.3 Å². The number of phenolic OH excluding ortho intramolecular Hbond substituents is 2. The second kappa shape index (κ2) is 9.09. The zero-order valence-electron chi connectivity index (χ0n) is 12.5. The van der Waals surface area contributed by atoms with Crippen molar-refractivity contribution in [2.75, 3.05) is 20.6 Å². The number of hydrogen-bond acceptors (Lipinski definition) is 3. The molecule has 0 fully saturated rings. The number of aliphatic carboxylic acids is 1. The van der Waals surface area contributed by atoms with Gasteiger partial charge in [0.1, 0.15) is 6.54 Å². The van der Waals surface area contributed by atoms with E-state index in [4.69, 9.17) is 5.11 Å². The molecule has 0 saturated heterocycles. The highest BCUT2D eigenvalue weighted by Crippen LogP contribution is 2.30. The monoisotopic (exact) mass is 409 g/mol. The Morgan fingerprint density at radius 1 is 1.14 bits per heavy atom. The molecule has 21 heavy (non-hydrogen) atoms. The second-order valence-corrected chi connectivity index (χ2v) is 5.81. The molecule has 6 heteroatoms. The van der Waals surface area contributed by atoms with E-state index >= 15 is 0 Å². The van der Waals surface area contributed by atoms with Crippen molar-refractivity contribution in [2.45, 2.75) is 32.2 Å². The summed E-state index contributed by atoms with van der Waals surface area (Å²) in [6.07, 6.45) is 2.76. The van der Waals surface area contributed by atoms with Gasteiger partial charge in [0.2, 0.25) is 0 Å². The van der Waals surface area contributed by atoms with Gasteiger partial charge in [-0.2, -0.15) is 0 Å². The Hall–Kier alpha value is -1.02. The Kier molecular flexibility index (Phi) is 8.65. The first-order valence-corrected chi connectivity index (χ1v) is 6.85. The molecule has 1 rings (SSSR count). The molecule has 0 bridgehead atoms. The van der Waals surface area contributed by atoms with E-state index in [-0.39, 0.29) is 41.9 Å². The summed E-state index contributed by atoms with van der Waals surface area (Å²) >= 11 is 0. The van der Waals surface area contributed by atoms with E-state index in [1.54, 1.807) is 12.1 Å². The summed E-state index contributed by atoms with van der Waals surface area (Å²) in [7, 11) is 4.11. The van der Waals surface area contributed by atoms with Gasteiger partial charge in [-0.15, -0.1) is 0 Å². The summed E-state index contributed by atoms with van der Waals surface area (Å²) in [6.45, 7) is 1.52. The second-order valence-electron chi connectivity index (χ2n) is 5.81. The molecule has 0 spiro atoms. The fourth-order valence-electron chi connectivity index (χ4n) is 2.24. The molecule has 3 N–H and O–H groups in total. The minimum Gasteiger partial charge on any atom is -1.00 e. The normalized spacial score (nSPS) is 11.0. The van der Waals surface area contributed by atoms with E-state index in [9.17, 15) is 15.0 Å². The molecule has 120 valence electrons. The van der Waals surface area contributed by atoms with Crippen LogP contribution < -0.4 is 24.0 Å². The Morgan fingerprint density at radius 2 is 1.81 bits per heavy atom. The fraction of sp³-hybridized carbons (Fsp3) is 0.533. The number of aromatic hydroxyl groups is 2. The standard InChI is InChI=1S/C15H23NO4.HI/c1-16(2,10-5-3-4-9-14(18)19)11-12-7-6-8-13(17)15(12)20;/h6-8H,3-5,9-11H2,1-2H3,(H2-,17,18,19,20);1H. The summed E-state index contributed by atoms with van der Waals surface area (Å²) in [6, 6.07) is 4.99. The maximum Gasteiger partial charge on any atom is 0.303 e. The summed E-state index contributed by atoms with van der Waals surface area (Å²) in [5.74, 6) is -0.892. The number of quaternary nitrogens is 1. The van der Waals surface area contributed by atoms with Crippen LogP contribution in [0.5, 0.6) is 11.5 Å². The Bertz CT molecular complexity index is 463. The van der Waals surface area contributed by atoms with Crippen molar-refractivity contribution < 1.29 is 48.6 Å². The number of rotatable bonds is 8. The van der Waals surface area contributed by atoms with Crippen molar-refractivity contribution in [1.29, 1.82) is 0 Å². The predicted molar refractivity (Wildman–Crippen MR) is 76.6 cm³/mol. The van der Waals surface area contributed by atoms with E-state index in [1.165, 1.54) is 6.07 Å². The molecule has 0 aliphatic carbocycles. The highest BCUT2D eigenvalue weighted by molar-refractivity contribution is 5.66. The van der Waals surface area contributed by atoms with E-state index in [0.29, 0.717) is 17.4 Å². The summed E-state index contributed by atoms with van der Waals surface area (Å²) < 4.78 is 0.685. The molecule has 0 heterocycles. The van der Waals surface area contributed by atoms with Crippen LogP contribution in [0.2, 0.25) is 0 Å². The van der Waals surface area contributed by atoms with Crippen LogP contribution in [-0.4, -0.2) is 46.4 Å². The lowest BCUT2D eigenvalue weighted by molar-refractivity contribution is -0.903. The third-order valence-corrected chi connectivity index (χ3v) is 3.35. The number of phenols is 2. The van der Waals surface area contributed by atoms with Gasteiger partial charge in [-0.05, 0) is 31.4 Å². The predicted octanol–water partition coefficient (Wildman–Crippen LogP) is -0.677. The number of carboxylic acids is 1. The quantitative estimate of drug-likeness (QED) is 0.230. The summed E-state index contributed by atoms with van der Waals surface area (Å²) in [4.78, 5) is 10.4. The molecule has 1 aromatic carbocycles. The van der Waals surface area contributed by atoms with E-state index in [2.05, 4.69) is 14.1 Å². The Labute approximate surface area is 142 Å². The van der Waals surface area contributed by atoms with Gasteiger partial charge < -0.3 is 43.8 Å². The molecule has 0 aliphatic rings.